The van der Waals surface area contributed by atoms with E-state index >= 15 is 4.39 Å². The predicted molar refractivity (Wildman–Crippen MR) is 190 cm³/mol. The van der Waals surface area contributed by atoms with E-state index < -0.39 is 71.7 Å². The number of ether oxygens (including phenoxy) is 1. The molecule has 2 aromatic heterocycles. The molecule has 1 aliphatic heterocycles. The molecule has 6 rings (SSSR count). The predicted octanol–water partition coefficient (Wildman–Crippen LogP) is 6.52. The topological polar surface area (TPSA) is 163 Å². The van der Waals surface area contributed by atoms with Gasteiger partial charge in [-0.2, -0.15) is 14.3 Å². The van der Waals surface area contributed by atoms with E-state index in [0.717, 1.165) is 26.1 Å². The minimum atomic E-state index is -3.03. The van der Waals surface area contributed by atoms with Gasteiger partial charge in [0.15, 0.2) is 17.8 Å². The maximum absolute atomic E-state index is 15.3. The van der Waals surface area contributed by atoms with Gasteiger partial charge in [0, 0.05) is 23.6 Å². The number of nitrogens with two attached hydrogens (primary N) is 1. The van der Waals surface area contributed by atoms with Crippen LogP contribution in [0.5, 0.6) is 0 Å². The largest absolute Gasteiger partial charge is 0.447 e. The van der Waals surface area contributed by atoms with Crippen LogP contribution in [0.4, 0.5) is 26.7 Å². The van der Waals surface area contributed by atoms with Gasteiger partial charge in [-0.15, -0.1) is 0 Å². The highest BCUT2D eigenvalue weighted by Crippen LogP contribution is 2.41. The van der Waals surface area contributed by atoms with E-state index in [-0.39, 0.29) is 46.2 Å². The van der Waals surface area contributed by atoms with Crippen LogP contribution >= 0.6 is 11.6 Å². The molecule has 13 nitrogen and oxygen atoms in total. The Balaban J connectivity index is 0.00000105. The van der Waals surface area contributed by atoms with Crippen molar-refractivity contribution in [3.05, 3.63) is 82.9 Å². The summed E-state index contributed by atoms with van der Waals surface area (Å²) in [6.07, 6.45) is -1.98. The molecule has 3 unspecified atom stereocenters. The average Bonchev–Trinajstić information content (AvgIpc) is 3.38. The fourth-order valence-electron chi connectivity index (χ4n) is 5.28. The van der Waals surface area contributed by atoms with Gasteiger partial charge in [-0.3, -0.25) is 9.69 Å². The molecule has 2 amide bonds. The van der Waals surface area contributed by atoms with E-state index in [0.29, 0.717) is 11.0 Å². The van der Waals surface area contributed by atoms with E-state index in [2.05, 4.69) is 53.2 Å². The second-order valence-electron chi connectivity index (χ2n) is 14.1. The zero-order valence-corrected chi connectivity index (χ0v) is 31.2. The lowest BCUT2D eigenvalue weighted by Gasteiger charge is -2.29. The van der Waals surface area contributed by atoms with Crippen molar-refractivity contribution in [2.24, 2.45) is 16.1 Å². The summed E-state index contributed by atoms with van der Waals surface area (Å²) >= 11 is 6.33. The maximum atomic E-state index is 15.3. The number of alkyl halides is 4. The number of hydrogen-bond donors (Lipinski definition) is 2. The van der Waals surface area contributed by atoms with E-state index in [1.807, 2.05) is 0 Å². The number of alkyl carbamates (subject to hydrolysis) is 1. The summed E-state index contributed by atoms with van der Waals surface area (Å²) in [4.78, 5) is 35.3. The molecule has 3 N–H and O–H groups in total. The smallest absolute Gasteiger partial charge is 0.407 e. The molecule has 1 aliphatic carbocycles. The van der Waals surface area contributed by atoms with E-state index in [9.17, 15) is 31.4 Å². The minimum Gasteiger partial charge on any atom is -0.447 e. The van der Waals surface area contributed by atoms with Crippen molar-refractivity contribution >= 4 is 40.5 Å². The van der Waals surface area contributed by atoms with Gasteiger partial charge < -0.3 is 15.8 Å². The molecule has 3 atom stereocenters. The summed E-state index contributed by atoms with van der Waals surface area (Å²) < 4.78 is 88.5. The van der Waals surface area contributed by atoms with Crippen molar-refractivity contribution in [2.75, 3.05) is 12.9 Å². The summed E-state index contributed by atoms with van der Waals surface area (Å²) in [6.45, 7) is 8.09. The summed E-state index contributed by atoms with van der Waals surface area (Å²) in [5.74, 6) is -2.61. The Labute approximate surface area is 314 Å². The number of aliphatic imine (C=N–C) groups is 1. The maximum Gasteiger partial charge on any atom is 0.407 e. The fourth-order valence-corrected chi connectivity index (χ4v) is 5.91. The van der Waals surface area contributed by atoms with Crippen LogP contribution in [0.25, 0.3) is 16.8 Å². The minimum absolute atomic E-state index is 0.0280. The van der Waals surface area contributed by atoms with Gasteiger partial charge in [-0.25, -0.2) is 45.6 Å². The molecule has 54 heavy (non-hydrogen) atoms. The third-order valence-electron chi connectivity index (χ3n) is 8.02. The molecule has 0 bridgehead atoms. The van der Waals surface area contributed by atoms with Crippen molar-refractivity contribution < 1.29 is 40.5 Å². The number of halogens is 6. The molecule has 3 heterocycles. The van der Waals surface area contributed by atoms with Gasteiger partial charge in [-0.05, 0) is 47.6 Å². The Bertz CT molecular complexity index is 2080. The van der Waals surface area contributed by atoms with Crippen LogP contribution in [0.15, 0.2) is 60.1 Å². The first-order chi connectivity index (χ1) is 25.3. The number of nitrogens with zero attached hydrogens (tertiary/aromatic N) is 7. The molecule has 0 spiro atoms. The number of guanidine groups is 1. The number of hydrogen-bond acceptors (Lipinski definition) is 9. The van der Waals surface area contributed by atoms with Crippen LogP contribution in [0.1, 0.15) is 76.0 Å². The van der Waals surface area contributed by atoms with E-state index in [1.165, 1.54) is 49.0 Å². The first-order valence-electron chi connectivity index (χ1n) is 16.4. The Morgan fingerprint density at radius 3 is 2.39 bits per heavy atom. The van der Waals surface area contributed by atoms with Crippen molar-refractivity contribution in [2.45, 2.75) is 71.0 Å². The lowest BCUT2D eigenvalue weighted by atomic mass is 10.0. The molecule has 290 valence electrons. The molecular weight excluding hydrogens is 761 g/mol. The Morgan fingerprint density at radius 1 is 1.13 bits per heavy atom. The van der Waals surface area contributed by atoms with Gasteiger partial charge in [0.25, 0.3) is 18.8 Å². The van der Waals surface area contributed by atoms with Crippen molar-refractivity contribution in [3.63, 3.8) is 0 Å². The van der Waals surface area contributed by atoms with Gasteiger partial charge in [0.2, 0.25) is 0 Å². The van der Waals surface area contributed by atoms with Crippen molar-refractivity contribution in [3.8, 4) is 16.8 Å². The van der Waals surface area contributed by atoms with Gasteiger partial charge in [-0.1, -0.05) is 57.5 Å². The van der Waals surface area contributed by atoms with Gasteiger partial charge in [0.05, 0.1) is 22.9 Å². The Hall–Kier alpha value is -4.91. The first kappa shape index (κ1) is 40.3. The van der Waals surface area contributed by atoms with Crippen molar-refractivity contribution in [1.29, 1.82) is 0 Å². The molecule has 20 heteroatoms. The molecule has 0 saturated heterocycles. The number of benzene rings is 2. The normalized spacial score (nSPS) is 17.6. The van der Waals surface area contributed by atoms with Gasteiger partial charge >= 0.3 is 6.09 Å². The summed E-state index contributed by atoms with van der Waals surface area (Å²) in [5, 5.41) is 9.88. The number of carbonyl (C=O) groups excluding carboxylic acids is 2. The van der Waals surface area contributed by atoms with E-state index in [4.69, 9.17) is 22.1 Å². The average molecular weight is 798 g/mol. The summed E-state index contributed by atoms with van der Waals surface area (Å²) in [6, 6.07) is 5.27. The zero-order chi connectivity index (χ0) is 39.7. The van der Waals surface area contributed by atoms with Crippen molar-refractivity contribution in [1.82, 2.24) is 34.2 Å². The molecule has 0 radical (unpaired) electrons. The highest BCUT2D eigenvalue weighted by Gasteiger charge is 2.53. The molecule has 2 aromatic carbocycles. The third-order valence-corrected chi connectivity index (χ3v) is 9.06. The van der Waals surface area contributed by atoms with Crippen LogP contribution in [-0.4, -0.2) is 75.8 Å². The second-order valence-corrected chi connectivity index (χ2v) is 15.8. The van der Waals surface area contributed by atoms with Crippen LogP contribution in [-0.2, 0) is 20.5 Å². The molecular formula is C34H37ClF5N9O4S. The summed E-state index contributed by atoms with van der Waals surface area (Å²) in [5.41, 5.74) is 5.63. The Morgan fingerprint density at radius 2 is 1.81 bits per heavy atom. The number of carbonyl (C=O) groups is 2. The number of aromatic nitrogens is 5. The lowest BCUT2D eigenvalue weighted by molar-refractivity contribution is -0.129. The lowest BCUT2D eigenvalue weighted by Crippen LogP contribution is -2.45. The fraction of sp³-hybridized carbons (Fsp3) is 0.412. The quantitative estimate of drug-likeness (QED) is 0.162. The highest BCUT2D eigenvalue weighted by molar-refractivity contribution is 7.82. The monoisotopic (exact) mass is 797 g/mol. The van der Waals surface area contributed by atoms with Gasteiger partial charge in [0.1, 0.15) is 35.3 Å². The summed E-state index contributed by atoms with van der Waals surface area (Å²) in [7, 11) is -1.47. The second kappa shape index (κ2) is 15.8. The number of amides is 2. The van der Waals surface area contributed by atoms with Crippen LogP contribution in [0, 0.1) is 11.2 Å². The highest BCUT2D eigenvalue weighted by atomic mass is 35.5. The molecule has 1 fully saturated rings. The Kier molecular flexibility index (Phi) is 11.8. The molecule has 1 saturated carbocycles. The van der Waals surface area contributed by atoms with Crippen LogP contribution in [0.2, 0.25) is 5.02 Å². The van der Waals surface area contributed by atoms with Crippen LogP contribution < -0.4 is 11.1 Å². The molecule has 4 aromatic rings. The number of nitrogens with one attached hydrogen (secondary N) is 1. The zero-order valence-electron chi connectivity index (χ0n) is 29.6. The van der Waals surface area contributed by atoms with E-state index in [1.54, 1.807) is 0 Å². The number of rotatable bonds is 11. The first-order valence-corrected chi connectivity index (χ1v) is 18.2. The standard InChI is InChI=1S/C29H25ClF5N9O4S.C5H12/c1-49(47)42-11-16(10-38-42)17-4-2-15(8-19(17)31)22-25(45)43(27(36)40-22)21(12-48-28(46)41-29(6-7-29)26(34)35)14-3-5-18(30)20(9-14)44-24(23(32)33)37-13-39-44;1-5(2,3)4/h2-5,8-11,13,21-23,26H,6-7,12H2,1H3,(H2,36,40)(H,41,46);1-4H3. The molecule has 2 aliphatic rings. The van der Waals surface area contributed by atoms with Crippen LogP contribution in [0.3, 0.4) is 0 Å². The SMILES string of the molecule is CC(C)(C)C.CS(=O)n1cc(-c2ccc(C3N=C(N)N(C(COC(=O)NC4(C(F)F)CC4)c4ccc(Cl)c(-n5ncnc5C(F)F)c4)C3=O)cc2F)cn1. The third kappa shape index (κ3) is 9.06.